The van der Waals surface area contributed by atoms with Gasteiger partial charge in [0.2, 0.25) is 0 Å². The lowest BCUT2D eigenvalue weighted by molar-refractivity contribution is 0.654. The number of benzene rings is 7. The molecule has 9 aromatic rings. The molecule has 50 heavy (non-hydrogen) atoms. The lowest BCUT2D eigenvalue weighted by Gasteiger charge is -2.36. The Balaban J connectivity index is 1.26. The van der Waals surface area contributed by atoms with Crippen LogP contribution in [0.25, 0.3) is 67.2 Å². The molecular weight excluding hydrogens is 611 g/mol. The standard InChI is InChI=1S/C47H33NO2/c1-47(28-27-31-13-2-3-14-33(31)30-47)38-18-7-9-20-40(38)48(41-21-12-24-45-46(41)36-17-6-11-23-43(36)50-45)39-19-8-4-15-34(39)32-25-26-44-37(29-32)35-16-5-10-22-42(35)49-44/h2-27,29-30H,28H2,1H3. The number of hydrogen-bond acceptors (Lipinski definition) is 3. The first-order valence-electron chi connectivity index (χ1n) is 17.2. The maximum atomic E-state index is 6.47. The van der Waals surface area contributed by atoms with E-state index in [4.69, 9.17) is 8.83 Å². The second-order valence-electron chi connectivity index (χ2n) is 13.5. The largest absolute Gasteiger partial charge is 0.456 e. The Morgan fingerprint density at radius 3 is 2.00 bits per heavy atom. The second-order valence-corrected chi connectivity index (χ2v) is 13.5. The highest BCUT2D eigenvalue weighted by molar-refractivity contribution is 6.14. The molecule has 7 aromatic carbocycles. The van der Waals surface area contributed by atoms with E-state index >= 15 is 0 Å². The first-order valence-corrected chi connectivity index (χ1v) is 17.2. The molecule has 0 fully saturated rings. The highest BCUT2D eigenvalue weighted by atomic mass is 16.3. The molecule has 0 amide bonds. The summed E-state index contributed by atoms with van der Waals surface area (Å²) in [6.07, 6.45) is 5.75. The Labute approximate surface area is 289 Å². The van der Waals surface area contributed by atoms with Gasteiger partial charge in [0.15, 0.2) is 0 Å². The van der Waals surface area contributed by atoms with Crippen molar-refractivity contribution in [2.45, 2.75) is 18.8 Å². The molecule has 1 atom stereocenters. The normalized spacial score (nSPS) is 15.6. The summed E-state index contributed by atoms with van der Waals surface area (Å²) in [4.78, 5) is 2.46. The average Bonchev–Trinajstić information content (AvgIpc) is 3.74. The number of anilines is 3. The summed E-state index contributed by atoms with van der Waals surface area (Å²) in [5.74, 6) is 0. The number of para-hydroxylation sites is 4. The molecule has 1 aliphatic rings. The quantitative estimate of drug-likeness (QED) is 0.187. The van der Waals surface area contributed by atoms with E-state index in [9.17, 15) is 0 Å². The van der Waals surface area contributed by atoms with Crippen LogP contribution in [0, 0.1) is 0 Å². The number of nitrogens with zero attached hydrogens (tertiary/aromatic N) is 1. The Kier molecular flexibility index (Phi) is 6.37. The molecule has 2 aromatic heterocycles. The van der Waals surface area contributed by atoms with Crippen molar-refractivity contribution in [3.63, 3.8) is 0 Å². The van der Waals surface area contributed by atoms with Crippen LogP contribution in [-0.2, 0) is 5.41 Å². The molecule has 0 spiro atoms. The Bertz CT molecular complexity index is 2890. The van der Waals surface area contributed by atoms with Crippen LogP contribution in [0.2, 0.25) is 0 Å². The van der Waals surface area contributed by atoms with Gasteiger partial charge in [0, 0.05) is 27.1 Å². The first kappa shape index (κ1) is 28.7. The molecule has 0 bridgehead atoms. The van der Waals surface area contributed by atoms with Crippen molar-refractivity contribution in [2.24, 2.45) is 0 Å². The van der Waals surface area contributed by atoms with E-state index in [1.54, 1.807) is 0 Å². The van der Waals surface area contributed by atoms with Crippen molar-refractivity contribution >= 4 is 73.1 Å². The Morgan fingerprint density at radius 1 is 0.500 bits per heavy atom. The van der Waals surface area contributed by atoms with E-state index < -0.39 is 0 Å². The molecule has 1 unspecified atom stereocenters. The van der Waals surface area contributed by atoms with E-state index in [1.807, 2.05) is 18.2 Å². The van der Waals surface area contributed by atoms with Gasteiger partial charge in [0.1, 0.15) is 22.3 Å². The third-order valence-corrected chi connectivity index (χ3v) is 10.4. The van der Waals surface area contributed by atoms with Gasteiger partial charge in [-0.2, -0.15) is 0 Å². The molecule has 0 radical (unpaired) electrons. The van der Waals surface area contributed by atoms with E-state index in [0.717, 1.165) is 78.5 Å². The minimum absolute atomic E-state index is 0.237. The zero-order valence-electron chi connectivity index (χ0n) is 27.6. The van der Waals surface area contributed by atoms with E-state index in [-0.39, 0.29) is 5.41 Å². The van der Waals surface area contributed by atoms with Crippen LogP contribution in [0.5, 0.6) is 0 Å². The summed E-state index contributed by atoms with van der Waals surface area (Å²) in [5, 5.41) is 6.99. The predicted molar refractivity (Wildman–Crippen MR) is 208 cm³/mol. The highest BCUT2D eigenvalue weighted by Crippen LogP contribution is 2.49. The molecule has 0 saturated carbocycles. The molecule has 3 nitrogen and oxygen atoms in total. The van der Waals surface area contributed by atoms with Crippen LogP contribution in [-0.4, -0.2) is 0 Å². The van der Waals surface area contributed by atoms with Crippen LogP contribution in [0.1, 0.15) is 18.9 Å². The molecule has 238 valence electrons. The Morgan fingerprint density at radius 2 is 1.12 bits per heavy atom. The van der Waals surface area contributed by atoms with Gasteiger partial charge in [-0.3, -0.25) is 0 Å². The summed E-state index contributed by atoms with van der Waals surface area (Å²) >= 11 is 0. The molecule has 2 heterocycles. The molecule has 0 N–H and O–H groups in total. The molecule has 10 rings (SSSR count). The molecular formula is C47H33NO2. The lowest BCUT2D eigenvalue weighted by Crippen LogP contribution is -2.35. The van der Waals surface area contributed by atoms with Crippen molar-refractivity contribution in [1.82, 2.24) is 0 Å². The van der Waals surface area contributed by atoms with Crippen molar-refractivity contribution in [2.75, 3.05) is 4.90 Å². The van der Waals surface area contributed by atoms with Crippen molar-refractivity contribution in [1.29, 1.82) is 0 Å². The number of furan rings is 2. The van der Waals surface area contributed by atoms with Gasteiger partial charge < -0.3 is 13.7 Å². The first-order chi connectivity index (χ1) is 24.6. The summed E-state index contributed by atoms with van der Waals surface area (Å²) in [6, 6.07) is 56.0. The van der Waals surface area contributed by atoms with Crippen molar-refractivity contribution in [3.05, 3.63) is 174 Å². The fourth-order valence-electron chi connectivity index (χ4n) is 8.03. The van der Waals surface area contributed by atoms with Crippen LogP contribution >= 0.6 is 0 Å². The number of hydrogen-bond donors (Lipinski definition) is 0. The fourth-order valence-corrected chi connectivity index (χ4v) is 8.03. The zero-order valence-corrected chi connectivity index (χ0v) is 27.6. The average molecular weight is 644 g/mol. The van der Waals surface area contributed by atoms with Crippen LogP contribution in [0.15, 0.2) is 167 Å². The summed E-state index contributed by atoms with van der Waals surface area (Å²) in [6.45, 7) is 2.37. The van der Waals surface area contributed by atoms with Crippen molar-refractivity contribution in [3.8, 4) is 11.1 Å². The maximum absolute atomic E-state index is 6.47. The number of rotatable bonds is 5. The van der Waals surface area contributed by atoms with Gasteiger partial charge in [-0.25, -0.2) is 0 Å². The molecule has 1 aliphatic carbocycles. The summed E-state index contributed by atoms with van der Waals surface area (Å²) in [5.41, 5.74) is 10.1. The molecule has 0 saturated heterocycles. The second kappa shape index (κ2) is 11.1. The SMILES string of the molecule is CC1(c2ccccc2N(c2ccccc2-c2ccc3oc4ccccc4c3c2)c2cccc3oc4ccccc4c23)C=c2ccccc2=CC1. The monoisotopic (exact) mass is 643 g/mol. The molecule has 0 aliphatic heterocycles. The Hall–Kier alpha value is -6.32. The van der Waals surface area contributed by atoms with E-state index in [1.165, 1.54) is 16.0 Å². The van der Waals surface area contributed by atoms with Gasteiger partial charge in [-0.15, -0.1) is 0 Å². The highest BCUT2D eigenvalue weighted by Gasteiger charge is 2.31. The zero-order chi connectivity index (χ0) is 33.2. The van der Waals surface area contributed by atoms with Crippen molar-refractivity contribution < 1.29 is 8.83 Å². The summed E-state index contributed by atoms with van der Waals surface area (Å²) < 4.78 is 12.7. The smallest absolute Gasteiger partial charge is 0.137 e. The third-order valence-electron chi connectivity index (χ3n) is 10.4. The third kappa shape index (κ3) is 4.44. The minimum atomic E-state index is -0.237. The van der Waals surface area contributed by atoms with Gasteiger partial charge in [-0.1, -0.05) is 128 Å². The lowest BCUT2D eigenvalue weighted by atomic mass is 9.75. The topological polar surface area (TPSA) is 29.5 Å². The number of fused-ring (bicyclic) bond motifs is 7. The predicted octanol–water partition coefficient (Wildman–Crippen LogP) is 11.5. The van der Waals surface area contributed by atoms with Gasteiger partial charge in [0.05, 0.1) is 22.4 Å². The fraction of sp³-hybridized carbons (Fsp3) is 0.0638. The van der Waals surface area contributed by atoms with E-state index in [0.29, 0.717) is 0 Å². The maximum Gasteiger partial charge on any atom is 0.137 e. The van der Waals surface area contributed by atoms with E-state index in [2.05, 4.69) is 164 Å². The summed E-state index contributed by atoms with van der Waals surface area (Å²) in [7, 11) is 0. The van der Waals surface area contributed by atoms with Crippen LogP contribution < -0.4 is 15.3 Å². The van der Waals surface area contributed by atoms with Crippen LogP contribution in [0.3, 0.4) is 0 Å². The van der Waals surface area contributed by atoms with Gasteiger partial charge in [-0.05, 0) is 76.5 Å². The van der Waals surface area contributed by atoms with Crippen LogP contribution in [0.4, 0.5) is 17.1 Å². The minimum Gasteiger partial charge on any atom is -0.456 e. The van der Waals surface area contributed by atoms with Gasteiger partial charge >= 0.3 is 0 Å². The molecule has 3 heteroatoms. The van der Waals surface area contributed by atoms with Gasteiger partial charge in [0.25, 0.3) is 0 Å².